The Bertz CT molecular complexity index is 1160. The van der Waals surface area contributed by atoms with Crippen LogP contribution in [0.25, 0.3) is 0 Å². The summed E-state index contributed by atoms with van der Waals surface area (Å²) in [5.41, 5.74) is 1.07. The fraction of sp³-hybridized carbons (Fsp3) is 0.417. The van der Waals surface area contributed by atoms with Crippen LogP contribution < -0.4 is 29.6 Å². The monoisotopic (exact) mass is 502 g/mol. The second-order valence-corrected chi connectivity index (χ2v) is 11.0. The second kappa shape index (κ2) is 9.65. The molecule has 0 saturated carbocycles. The van der Waals surface area contributed by atoms with Gasteiger partial charge in [0.15, 0.2) is 32.8 Å². The number of anilines is 2. The molecule has 0 aliphatic carbocycles. The minimum absolute atomic E-state index is 0.00432. The van der Waals surface area contributed by atoms with Crippen LogP contribution in [0.2, 0.25) is 0 Å². The highest BCUT2D eigenvalue weighted by molar-refractivity contribution is 7.91. The van der Waals surface area contributed by atoms with Crippen molar-refractivity contribution in [2.45, 2.75) is 12.8 Å². The third kappa shape index (κ3) is 5.61. The van der Waals surface area contributed by atoms with Crippen molar-refractivity contribution < 1.29 is 37.0 Å². The summed E-state index contributed by atoms with van der Waals surface area (Å²) in [6.45, 7) is 1.80. The quantitative estimate of drug-likeness (QED) is 0.615. The number of carbonyl (C=O) groups is 2. The molecule has 11 heteroatoms. The first-order valence-electron chi connectivity index (χ1n) is 11.4. The van der Waals surface area contributed by atoms with Crippen molar-refractivity contribution >= 4 is 33.0 Å². The SMILES string of the molecule is O=C(C[C@@H]1CS(=O)(=O)C[C@@H]1CC(=O)Nc1ccc2c(c1)OCCO2)Nc1ccc2c(c1)OCCO2. The molecule has 2 aromatic rings. The van der Waals surface area contributed by atoms with Crippen LogP contribution in [0, 0.1) is 11.8 Å². The minimum atomic E-state index is -3.34. The van der Waals surface area contributed by atoms with Gasteiger partial charge in [-0.25, -0.2) is 8.42 Å². The molecule has 2 amide bonds. The van der Waals surface area contributed by atoms with Gasteiger partial charge in [-0.15, -0.1) is 0 Å². The van der Waals surface area contributed by atoms with Gasteiger partial charge < -0.3 is 29.6 Å². The molecule has 186 valence electrons. The van der Waals surface area contributed by atoms with Gasteiger partial charge in [0, 0.05) is 36.3 Å². The lowest BCUT2D eigenvalue weighted by atomic mass is 9.89. The molecule has 0 spiro atoms. The third-order valence-electron chi connectivity index (χ3n) is 6.15. The van der Waals surface area contributed by atoms with Crippen molar-refractivity contribution in [3.63, 3.8) is 0 Å². The Morgan fingerprint density at radius 1 is 0.686 bits per heavy atom. The normalized spacial score (nSPS) is 21.7. The number of amides is 2. The van der Waals surface area contributed by atoms with Gasteiger partial charge in [-0.05, 0) is 36.1 Å². The number of hydrogen-bond donors (Lipinski definition) is 2. The lowest BCUT2D eigenvalue weighted by Gasteiger charge is -2.20. The molecule has 1 saturated heterocycles. The van der Waals surface area contributed by atoms with Crippen molar-refractivity contribution in [1.82, 2.24) is 0 Å². The van der Waals surface area contributed by atoms with Crippen molar-refractivity contribution in [2.75, 3.05) is 48.6 Å². The maximum Gasteiger partial charge on any atom is 0.224 e. The van der Waals surface area contributed by atoms with E-state index in [1.807, 2.05) is 0 Å². The lowest BCUT2D eigenvalue weighted by molar-refractivity contribution is -0.119. The molecule has 1 fully saturated rings. The molecule has 10 nitrogen and oxygen atoms in total. The van der Waals surface area contributed by atoms with E-state index < -0.39 is 21.7 Å². The van der Waals surface area contributed by atoms with E-state index in [1.165, 1.54) is 0 Å². The molecule has 2 atom stereocenters. The zero-order valence-corrected chi connectivity index (χ0v) is 19.8. The topological polar surface area (TPSA) is 129 Å². The van der Waals surface area contributed by atoms with E-state index in [9.17, 15) is 18.0 Å². The zero-order valence-electron chi connectivity index (χ0n) is 18.9. The van der Waals surface area contributed by atoms with Crippen LogP contribution in [0.5, 0.6) is 23.0 Å². The molecule has 3 aliphatic rings. The number of nitrogens with one attached hydrogen (secondary N) is 2. The van der Waals surface area contributed by atoms with Gasteiger partial charge in [-0.1, -0.05) is 0 Å². The second-order valence-electron chi connectivity index (χ2n) is 8.82. The number of carbonyl (C=O) groups excluding carboxylic acids is 2. The molecule has 0 unspecified atom stereocenters. The predicted octanol–water partition coefficient (Wildman–Crippen LogP) is 2.25. The van der Waals surface area contributed by atoms with Crippen LogP contribution in [0.3, 0.4) is 0 Å². The van der Waals surface area contributed by atoms with Gasteiger partial charge in [-0.3, -0.25) is 9.59 Å². The highest BCUT2D eigenvalue weighted by atomic mass is 32.2. The van der Waals surface area contributed by atoms with E-state index in [1.54, 1.807) is 36.4 Å². The summed E-state index contributed by atoms with van der Waals surface area (Å²) >= 11 is 0. The third-order valence-corrected chi connectivity index (χ3v) is 8.02. The van der Waals surface area contributed by atoms with E-state index in [0.29, 0.717) is 60.8 Å². The molecule has 0 radical (unpaired) electrons. The van der Waals surface area contributed by atoms with Gasteiger partial charge in [-0.2, -0.15) is 0 Å². The van der Waals surface area contributed by atoms with Gasteiger partial charge in [0.05, 0.1) is 11.5 Å². The predicted molar refractivity (Wildman–Crippen MR) is 127 cm³/mol. The highest BCUT2D eigenvalue weighted by Crippen LogP contribution is 2.35. The number of fused-ring (bicyclic) bond motifs is 2. The summed E-state index contributed by atoms with van der Waals surface area (Å²) in [6.07, 6.45) is -0.00865. The Morgan fingerprint density at radius 2 is 1.09 bits per heavy atom. The molecule has 5 rings (SSSR count). The molecule has 3 heterocycles. The summed E-state index contributed by atoms with van der Waals surface area (Å²) in [4.78, 5) is 25.4. The molecule has 2 N–H and O–H groups in total. The van der Waals surface area contributed by atoms with E-state index in [2.05, 4.69) is 10.6 Å². The molecule has 0 bridgehead atoms. The Labute approximate surface area is 202 Å². The number of ether oxygens (including phenoxy) is 4. The van der Waals surface area contributed by atoms with Crippen LogP contribution in [0.1, 0.15) is 12.8 Å². The Kier molecular flexibility index (Phi) is 6.42. The molecule has 2 aromatic carbocycles. The zero-order chi connectivity index (χ0) is 24.4. The molecule has 35 heavy (non-hydrogen) atoms. The van der Waals surface area contributed by atoms with E-state index >= 15 is 0 Å². The maximum atomic E-state index is 12.7. The number of benzene rings is 2. The van der Waals surface area contributed by atoms with Gasteiger partial charge >= 0.3 is 0 Å². The number of hydrogen-bond acceptors (Lipinski definition) is 8. The standard InChI is InChI=1S/C24H26N2O8S/c27-23(25-17-1-3-19-21(11-17)33-7-5-31-19)9-15-13-35(29,30)14-16(15)10-24(28)26-18-2-4-20-22(12-18)34-8-6-32-20/h1-4,11-12,15-16H,5-10,13-14H2,(H,25,27)(H,26,28)/t15-,16+. The van der Waals surface area contributed by atoms with Gasteiger partial charge in [0.1, 0.15) is 26.4 Å². The Morgan fingerprint density at radius 3 is 1.51 bits per heavy atom. The van der Waals surface area contributed by atoms with Crippen LogP contribution in [-0.2, 0) is 19.4 Å². The Hall–Kier alpha value is -3.47. The van der Waals surface area contributed by atoms with E-state index in [-0.39, 0.29) is 36.2 Å². The lowest BCUT2D eigenvalue weighted by Crippen LogP contribution is -2.25. The molecule has 3 aliphatic heterocycles. The average molecular weight is 503 g/mol. The molecule has 0 aromatic heterocycles. The smallest absolute Gasteiger partial charge is 0.224 e. The van der Waals surface area contributed by atoms with Crippen LogP contribution >= 0.6 is 0 Å². The van der Waals surface area contributed by atoms with Crippen molar-refractivity contribution in [3.8, 4) is 23.0 Å². The van der Waals surface area contributed by atoms with E-state index in [4.69, 9.17) is 18.9 Å². The summed E-state index contributed by atoms with van der Waals surface area (Å²) in [5, 5.41) is 5.59. The molecular weight excluding hydrogens is 476 g/mol. The van der Waals surface area contributed by atoms with E-state index in [0.717, 1.165) is 0 Å². The summed E-state index contributed by atoms with van der Waals surface area (Å²) in [5.74, 6) is 0.527. The fourth-order valence-corrected chi connectivity index (χ4v) is 6.81. The first kappa shape index (κ1) is 23.3. The van der Waals surface area contributed by atoms with Crippen molar-refractivity contribution in [1.29, 1.82) is 0 Å². The minimum Gasteiger partial charge on any atom is -0.486 e. The summed E-state index contributed by atoms with van der Waals surface area (Å²) < 4.78 is 46.7. The van der Waals surface area contributed by atoms with Crippen molar-refractivity contribution in [2.24, 2.45) is 11.8 Å². The van der Waals surface area contributed by atoms with Gasteiger partial charge in [0.2, 0.25) is 11.8 Å². The highest BCUT2D eigenvalue weighted by Gasteiger charge is 2.39. The van der Waals surface area contributed by atoms with Crippen molar-refractivity contribution in [3.05, 3.63) is 36.4 Å². The Balaban J connectivity index is 1.20. The molecular formula is C24H26N2O8S. The fourth-order valence-electron chi connectivity index (χ4n) is 4.59. The summed E-state index contributed by atoms with van der Waals surface area (Å²) in [6, 6.07) is 10.2. The largest absolute Gasteiger partial charge is 0.486 e. The maximum absolute atomic E-state index is 12.7. The first-order valence-corrected chi connectivity index (χ1v) is 13.3. The first-order chi connectivity index (χ1) is 16.8. The number of rotatable bonds is 6. The van der Waals surface area contributed by atoms with Gasteiger partial charge in [0.25, 0.3) is 0 Å². The summed E-state index contributed by atoms with van der Waals surface area (Å²) in [7, 11) is -3.34. The van der Waals surface area contributed by atoms with Crippen LogP contribution in [0.15, 0.2) is 36.4 Å². The van der Waals surface area contributed by atoms with Crippen LogP contribution in [-0.4, -0.2) is 58.2 Å². The number of sulfone groups is 1. The average Bonchev–Trinajstić information content (AvgIpc) is 3.10. The van der Waals surface area contributed by atoms with Crippen LogP contribution in [0.4, 0.5) is 11.4 Å².